The monoisotopic (exact) mass is 1070 g/mol. The quantitative estimate of drug-likeness (QED) is 0.114. The number of anilines is 3. The lowest BCUT2D eigenvalue weighted by atomic mass is 9.86. The normalized spacial score (nSPS) is 11.4. The molecular weight excluding hydrogens is 993 g/mol. The first-order valence-electron chi connectivity index (χ1n) is 29.0. The fourth-order valence-corrected chi connectivity index (χ4v) is 10.9. The molecule has 4 nitrogen and oxygen atoms in total. The van der Waals surface area contributed by atoms with Crippen LogP contribution in [-0.4, -0.2) is 14.5 Å². The fraction of sp³-hybridized carbons (Fsp3) is 0.179. The van der Waals surface area contributed by atoms with E-state index in [9.17, 15) is 0 Å². The van der Waals surface area contributed by atoms with Crippen molar-refractivity contribution in [3.05, 3.63) is 277 Å². The third-order valence-electron chi connectivity index (χ3n) is 15.2. The molecule has 1 unspecified atom stereocenters. The number of para-hydroxylation sites is 2. The maximum atomic E-state index is 5.83. The van der Waals surface area contributed by atoms with Crippen molar-refractivity contribution < 1.29 is 0 Å². The molecule has 412 valence electrons. The number of aromatic nitrogens is 3. The van der Waals surface area contributed by atoms with E-state index >= 15 is 0 Å². The van der Waals surface area contributed by atoms with E-state index in [1.165, 1.54) is 55.6 Å². The summed E-state index contributed by atoms with van der Waals surface area (Å²) in [5.41, 5.74) is 25.6. The molecule has 0 radical (unpaired) electrons. The molecule has 0 saturated heterocycles. The Hall–Kier alpha value is -9.12. The van der Waals surface area contributed by atoms with E-state index in [1.807, 2.05) is 27.7 Å². The molecule has 0 amide bonds. The third kappa shape index (κ3) is 12.6. The molecule has 11 rings (SSSR count). The van der Waals surface area contributed by atoms with Crippen LogP contribution in [0.4, 0.5) is 17.1 Å². The lowest BCUT2D eigenvalue weighted by Crippen LogP contribution is -2.10. The van der Waals surface area contributed by atoms with Gasteiger partial charge >= 0.3 is 0 Å². The van der Waals surface area contributed by atoms with Crippen molar-refractivity contribution in [1.82, 2.24) is 14.5 Å². The van der Waals surface area contributed by atoms with Gasteiger partial charge in [-0.25, -0.2) is 9.97 Å². The number of hydrogen-bond acceptors (Lipinski definition) is 3. The topological polar surface area (TPSA) is 34.0 Å². The Bertz CT molecular complexity index is 3970. The highest BCUT2D eigenvalue weighted by molar-refractivity contribution is 6.03. The minimum absolute atomic E-state index is 0.272. The van der Waals surface area contributed by atoms with Gasteiger partial charge < -0.3 is 9.47 Å². The predicted octanol–water partition coefficient (Wildman–Crippen LogP) is 22.9. The van der Waals surface area contributed by atoms with Gasteiger partial charge in [0.2, 0.25) is 0 Å². The lowest BCUT2D eigenvalue weighted by Gasteiger charge is -2.26. The van der Waals surface area contributed by atoms with Crippen LogP contribution in [0.3, 0.4) is 0 Å². The number of benzene rings is 9. The van der Waals surface area contributed by atoms with Gasteiger partial charge in [-0.3, -0.25) is 0 Å². The van der Waals surface area contributed by atoms with Crippen molar-refractivity contribution in [3.63, 3.8) is 0 Å². The van der Waals surface area contributed by atoms with Crippen molar-refractivity contribution in [2.45, 2.75) is 94.9 Å². The fourth-order valence-electron chi connectivity index (χ4n) is 10.9. The molecule has 0 saturated carbocycles. The highest BCUT2D eigenvalue weighted by Crippen LogP contribution is 2.43. The summed E-state index contributed by atoms with van der Waals surface area (Å²) in [7, 11) is 0. The molecule has 0 fully saturated rings. The van der Waals surface area contributed by atoms with Gasteiger partial charge in [0, 0.05) is 62.0 Å². The highest BCUT2D eigenvalue weighted by Gasteiger charge is 2.23. The van der Waals surface area contributed by atoms with Crippen LogP contribution in [0.25, 0.3) is 83.5 Å². The predicted molar refractivity (Wildman–Crippen MR) is 357 cm³/mol. The summed E-state index contributed by atoms with van der Waals surface area (Å²) in [6, 6.07) is 76.9. The van der Waals surface area contributed by atoms with Crippen LogP contribution in [-0.2, 0) is 0 Å². The van der Waals surface area contributed by atoms with Crippen LogP contribution in [0, 0.1) is 20.8 Å². The second kappa shape index (κ2) is 27.4. The van der Waals surface area contributed by atoms with Crippen LogP contribution in [0.2, 0.25) is 0 Å². The molecule has 0 spiro atoms. The second-order valence-corrected chi connectivity index (χ2v) is 21.0. The Morgan fingerprint density at radius 2 is 0.927 bits per heavy atom. The highest BCUT2D eigenvalue weighted by atomic mass is 15.1. The standard InChI is InChI=1S/C70H62N4.2C3H6.C2H6/c1-9-46(4)50(8)65-44-53(29-28-48(65)6)61-40-41-62(54-32-39-63(64(43-54)45(2)3)60-26-18-16-20-47(60)5)70-69(61)72-68(67(71-70)51-21-12-10-13-22-51)52-30-33-58(34-31-52)74(56-24-14-11-15-25-56)59-37-35-57(36-38-59)73-49(7)42-55-23-17-19-27-66(55)73;2*1-3-2;1-2/h9-45,50H,1-8H3;2*3H,1H2,2H3;1-2H3/b46-9+;;;. The molecule has 0 aliphatic carbocycles. The van der Waals surface area contributed by atoms with Gasteiger partial charge in [0.15, 0.2) is 0 Å². The van der Waals surface area contributed by atoms with Crippen LogP contribution in [0.1, 0.15) is 102 Å². The van der Waals surface area contributed by atoms with Crippen molar-refractivity contribution in [2.75, 3.05) is 4.90 Å². The van der Waals surface area contributed by atoms with Crippen LogP contribution >= 0.6 is 0 Å². The maximum Gasteiger partial charge on any atom is 0.0979 e. The zero-order valence-electron chi connectivity index (χ0n) is 50.3. The summed E-state index contributed by atoms with van der Waals surface area (Å²) < 4.78 is 2.33. The van der Waals surface area contributed by atoms with E-state index in [0.717, 1.165) is 78.6 Å². The van der Waals surface area contributed by atoms with Gasteiger partial charge in [0.1, 0.15) is 0 Å². The summed E-state index contributed by atoms with van der Waals surface area (Å²) in [5, 5.41) is 1.24. The molecule has 2 heterocycles. The van der Waals surface area contributed by atoms with E-state index < -0.39 is 0 Å². The zero-order chi connectivity index (χ0) is 58.5. The average Bonchev–Trinajstić information content (AvgIpc) is 3.98. The Balaban J connectivity index is 0.00000104. The molecular formula is C78H80N4. The average molecular weight is 1070 g/mol. The van der Waals surface area contributed by atoms with Crippen molar-refractivity contribution in [2.24, 2.45) is 0 Å². The Morgan fingerprint density at radius 3 is 1.50 bits per heavy atom. The molecule has 0 N–H and O–H groups in total. The van der Waals surface area contributed by atoms with E-state index in [1.54, 1.807) is 12.2 Å². The maximum absolute atomic E-state index is 5.83. The van der Waals surface area contributed by atoms with E-state index in [0.29, 0.717) is 5.92 Å². The van der Waals surface area contributed by atoms with Gasteiger partial charge in [-0.05, 0) is 160 Å². The van der Waals surface area contributed by atoms with Crippen LogP contribution < -0.4 is 4.90 Å². The number of nitrogens with zero attached hydrogens (tertiary/aromatic N) is 4. The first kappa shape index (κ1) is 59.0. The number of fused-ring (bicyclic) bond motifs is 2. The summed E-state index contributed by atoms with van der Waals surface area (Å²) in [4.78, 5) is 13.9. The Labute approximate surface area is 489 Å². The first-order valence-corrected chi connectivity index (χ1v) is 29.0. The van der Waals surface area contributed by atoms with E-state index in [-0.39, 0.29) is 5.92 Å². The number of allylic oxidation sites excluding steroid dienone is 4. The van der Waals surface area contributed by atoms with Gasteiger partial charge in [-0.2, -0.15) is 0 Å². The molecule has 11 aromatic rings. The summed E-state index contributed by atoms with van der Waals surface area (Å²) >= 11 is 0. The van der Waals surface area contributed by atoms with Gasteiger partial charge in [-0.15, -0.1) is 13.2 Å². The Kier molecular flexibility index (Phi) is 19.7. The largest absolute Gasteiger partial charge is 0.314 e. The summed E-state index contributed by atoms with van der Waals surface area (Å²) in [6.07, 6.45) is 5.73. The van der Waals surface area contributed by atoms with Gasteiger partial charge in [0.05, 0.1) is 27.9 Å². The lowest BCUT2D eigenvalue weighted by molar-refractivity contribution is 0.869. The third-order valence-corrected chi connectivity index (χ3v) is 15.2. The zero-order valence-corrected chi connectivity index (χ0v) is 50.3. The molecule has 2 aromatic heterocycles. The minimum atomic E-state index is 0.272. The molecule has 1 atom stereocenters. The molecule has 82 heavy (non-hydrogen) atoms. The van der Waals surface area contributed by atoms with Gasteiger partial charge in [0.25, 0.3) is 0 Å². The molecule has 9 aromatic carbocycles. The smallest absolute Gasteiger partial charge is 0.0979 e. The second-order valence-electron chi connectivity index (χ2n) is 21.0. The molecule has 0 aliphatic heterocycles. The Morgan fingerprint density at radius 1 is 0.463 bits per heavy atom. The minimum Gasteiger partial charge on any atom is -0.314 e. The van der Waals surface area contributed by atoms with E-state index in [4.69, 9.17) is 9.97 Å². The van der Waals surface area contributed by atoms with Crippen LogP contribution in [0.15, 0.2) is 249 Å². The summed E-state index contributed by atoms with van der Waals surface area (Å²) in [6.45, 7) is 32.4. The van der Waals surface area contributed by atoms with Crippen molar-refractivity contribution >= 4 is 39.0 Å². The summed E-state index contributed by atoms with van der Waals surface area (Å²) in [5.74, 6) is 0.574. The van der Waals surface area contributed by atoms with Crippen molar-refractivity contribution in [3.8, 4) is 61.6 Å². The SMILES string of the molecule is C/C=C(\C)C(C)c1cc(-c2ccc(-c3ccc(-c4ccccc4C)c(C(C)C)c3)c3nc(-c4ccccc4)c(-c4ccc(N(c5ccccc5)c5ccc(-n6c(C)cc7ccccc76)cc5)cc4)nc23)ccc1C.C=CC.C=CC.CC. The first-order chi connectivity index (χ1) is 39.9. The molecule has 4 heteroatoms. The van der Waals surface area contributed by atoms with Gasteiger partial charge in [-0.1, -0.05) is 210 Å². The number of rotatable bonds is 12. The number of aryl methyl sites for hydroxylation is 3. The van der Waals surface area contributed by atoms with Crippen LogP contribution in [0.5, 0.6) is 0 Å². The van der Waals surface area contributed by atoms with E-state index in [2.05, 4.69) is 296 Å². The number of hydrogen-bond donors (Lipinski definition) is 0. The molecule has 0 aliphatic rings. The van der Waals surface area contributed by atoms with Crippen molar-refractivity contribution in [1.29, 1.82) is 0 Å². The molecule has 0 bridgehead atoms.